The number of carbonyl (C=O) groups excluding carboxylic acids is 2. The van der Waals surface area contributed by atoms with Crippen molar-refractivity contribution in [1.29, 1.82) is 0 Å². The molecule has 2 rings (SSSR count). The van der Waals surface area contributed by atoms with Crippen molar-refractivity contribution in [3.63, 3.8) is 0 Å². The minimum atomic E-state index is -5.69. The van der Waals surface area contributed by atoms with Crippen LogP contribution in [0.5, 0.6) is 0 Å². The highest BCUT2D eigenvalue weighted by atomic mass is 32.2. The monoisotopic (exact) mass is 646 g/mol. The maximum absolute atomic E-state index is 13.2. The zero-order valence-corrected chi connectivity index (χ0v) is 25.4. The van der Waals surface area contributed by atoms with E-state index in [4.69, 9.17) is 0 Å². The Hall–Kier alpha value is -2.33. The number of alkyl halides is 5. The summed E-state index contributed by atoms with van der Waals surface area (Å²) in [6, 6.07) is 4.06. The number of carbonyl (C=O) groups is 2. The third-order valence-corrected chi connectivity index (χ3v) is 9.39. The molecule has 0 saturated carbocycles. The lowest BCUT2D eigenvalue weighted by Crippen LogP contribution is -2.44. The number of halogens is 5. The molecular formula is C26H37F5N3O6S2-. The Labute approximate surface area is 245 Å². The van der Waals surface area contributed by atoms with Gasteiger partial charge in [0, 0.05) is 29.9 Å². The lowest BCUT2D eigenvalue weighted by Gasteiger charge is -2.27. The molecule has 0 spiro atoms. The number of unbranched alkanes of at least 4 members (excludes halogenated alkanes) is 6. The zero-order valence-electron chi connectivity index (χ0n) is 23.8. The van der Waals surface area contributed by atoms with Crippen LogP contribution in [0.2, 0.25) is 0 Å². The molecule has 0 aromatic heterocycles. The van der Waals surface area contributed by atoms with E-state index in [9.17, 15) is 48.7 Å². The molecule has 0 radical (unpaired) electrons. The number of sulfone groups is 1. The number of hydrogen-bond acceptors (Lipinski definition) is 6. The van der Waals surface area contributed by atoms with Crippen LogP contribution in [0.1, 0.15) is 77.2 Å². The summed E-state index contributed by atoms with van der Waals surface area (Å²) in [7, 11) is -3.71. The van der Waals surface area contributed by atoms with Crippen LogP contribution in [0, 0.1) is 6.92 Å². The van der Waals surface area contributed by atoms with Gasteiger partial charge in [0.15, 0.2) is 0 Å². The van der Waals surface area contributed by atoms with E-state index >= 15 is 0 Å². The van der Waals surface area contributed by atoms with Crippen molar-refractivity contribution in [1.82, 2.24) is 4.90 Å². The van der Waals surface area contributed by atoms with Crippen LogP contribution < -0.4 is 9.62 Å². The second-order valence-electron chi connectivity index (χ2n) is 10.9. The van der Waals surface area contributed by atoms with Gasteiger partial charge in [0.25, 0.3) is 5.91 Å². The molecular weight excluding hydrogens is 609 g/mol. The second-order valence-corrected chi connectivity index (χ2v) is 13.9. The Morgan fingerprint density at radius 3 is 2.02 bits per heavy atom. The van der Waals surface area contributed by atoms with Crippen molar-refractivity contribution >= 4 is 44.4 Å². The van der Waals surface area contributed by atoms with Gasteiger partial charge in [-0.1, -0.05) is 32.1 Å². The van der Waals surface area contributed by atoms with Gasteiger partial charge >= 0.3 is 18.1 Å². The zero-order chi connectivity index (χ0) is 31.9. The highest BCUT2D eigenvalue weighted by molar-refractivity contribution is 7.91. The maximum Gasteiger partial charge on any atom is 0.453 e. The highest BCUT2D eigenvalue weighted by Crippen LogP contribution is 2.39. The quantitative estimate of drug-likeness (QED) is 0.0976. The van der Waals surface area contributed by atoms with Crippen molar-refractivity contribution in [3.8, 4) is 0 Å². The fourth-order valence-corrected chi connectivity index (χ4v) is 6.50. The molecule has 1 heterocycles. The molecule has 1 aliphatic rings. The summed E-state index contributed by atoms with van der Waals surface area (Å²) in [5.74, 6) is -6.28. The van der Waals surface area contributed by atoms with E-state index in [1.807, 2.05) is 0 Å². The fourth-order valence-electron chi connectivity index (χ4n) is 4.66. The Morgan fingerprint density at radius 1 is 0.929 bits per heavy atom. The lowest BCUT2D eigenvalue weighted by molar-refractivity contribution is -0.284. The first-order chi connectivity index (χ1) is 19.3. The van der Waals surface area contributed by atoms with E-state index in [2.05, 4.69) is 4.72 Å². The van der Waals surface area contributed by atoms with Crippen molar-refractivity contribution < 1.29 is 48.7 Å². The summed E-state index contributed by atoms with van der Waals surface area (Å²) < 4.78 is 110. The predicted molar refractivity (Wildman–Crippen MR) is 149 cm³/mol. The number of amides is 3. The van der Waals surface area contributed by atoms with E-state index in [1.54, 1.807) is 26.8 Å². The van der Waals surface area contributed by atoms with Gasteiger partial charge in [0.2, 0.25) is 0 Å². The van der Waals surface area contributed by atoms with Crippen LogP contribution in [-0.2, 0) is 25.9 Å². The number of nitrogens with one attached hydrogen (secondary N) is 1. The third kappa shape index (κ3) is 9.59. The molecule has 1 aromatic carbocycles. The first kappa shape index (κ1) is 35.9. The van der Waals surface area contributed by atoms with Gasteiger partial charge in [0.05, 0.1) is 17.2 Å². The SMILES string of the molecule is Cc1cc(N2C(=O)N(CCCCCCCCCS(=O)(=O)CCCC(F)(F)C(F)(F)F)C(C)(C)C2=O)ccc1NS(=O)[O-]. The first-order valence-electron chi connectivity index (χ1n) is 13.6. The summed E-state index contributed by atoms with van der Waals surface area (Å²) >= 11 is -2.52. The Morgan fingerprint density at radius 2 is 1.48 bits per heavy atom. The van der Waals surface area contributed by atoms with Gasteiger partial charge < -0.3 is 14.2 Å². The van der Waals surface area contributed by atoms with E-state index < -0.39 is 69.3 Å². The largest absolute Gasteiger partial charge is 0.755 e. The van der Waals surface area contributed by atoms with Crippen molar-refractivity contribution in [2.45, 2.75) is 96.2 Å². The topological polar surface area (TPSA) is 127 Å². The molecule has 9 nitrogen and oxygen atoms in total. The number of anilines is 2. The van der Waals surface area contributed by atoms with Gasteiger partial charge in [-0.05, 0) is 63.8 Å². The van der Waals surface area contributed by atoms with Crippen molar-refractivity contribution in [2.24, 2.45) is 0 Å². The molecule has 1 saturated heterocycles. The van der Waals surface area contributed by atoms with Gasteiger partial charge in [-0.3, -0.25) is 9.00 Å². The molecule has 42 heavy (non-hydrogen) atoms. The van der Waals surface area contributed by atoms with Gasteiger partial charge in [0.1, 0.15) is 15.4 Å². The van der Waals surface area contributed by atoms with Gasteiger partial charge in [-0.2, -0.15) is 22.0 Å². The number of rotatable bonds is 17. The van der Waals surface area contributed by atoms with Crippen LogP contribution in [0.25, 0.3) is 0 Å². The molecule has 1 atom stereocenters. The summed E-state index contributed by atoms with van der Waals surface area (Å²) in [6.45, 7) is 5.31. The molecule has 1 aliphatic heterocycles. The van der Waals surface area contributed by atoms with E-state index in [1.165, 1.54) is 17.0 Å². The van der Waals surface area contributed by atoms with E-state index in [0.29, 0.717) is 42.7 Å². The van der Waals surface area contributed by atoms with Crippen molar-refractivity contribution in [2.75, 3.05) is 27.7 Å². The number of imide groups is 1. The molecule has 1 N–H and O–H groups in total. The van der Waals surface area contributed by atoms with Crippen LogP contribution in [-0.4, -0.2) is 69.7 Å². The van der Waals surface area contributed by atoms with Crippen LogP contribution >= 0.6 is 0 Å². The van der Waals surface area contributed by atoms with Crippen LogP contribution in [0.15, 0.2) is 18.2 Å². The number of nitrogens with zero attached hydrogens (tertiary/aromatic N) is 2. The standard InChI is InChI=1S/C26H38F5N3O6S2/c1-19-18-20(12-13-21(19)32-41(37)38)34-22(35)24(2,3)33(23(34)36)15-9-7-5-4-6-8-10-16-42(39,40)17-11-14-25(27,28)26(29,30)31/h12-13,18,32H,4-11,14-17H2,1-3H3,(H,37,38)/p-1. The first-order valence-corrected chi connectivity index (χ1v) is 16.5. The lowest BCUT2D eigenvalue weighted by atomic mass is 10.0. The Bertz CT molecular complexity index is 1240. The van der Waals surface area contributed by atoms with Gasteiger partial charge in [-0.25, -0.2) is 18.1 Å². The number of benzene rings is 1. The van der Waals surface area contributed by atoms with Gasteiger partial charge in [-0.15, -0.1) is 0 Å². The minimum Gasteiger partial charge on any atom is -0.755 e. The minimum absolute atomic E-state index is 0.266. The van der Waals surface area contributed by atoms with E-state index in [0.717, 1.165) is 24.2 Å². The Kier molecular flexibility index (Phi) is 12.3. The summed E-state index contributed by atoms with van der Waals surface area (Å²) in [5.41, 5.74) is 0.126. The third-order valence-electron chi connectivity index (χ3n) is 7.18. The van der Waals surface area contributed by atoms with Crippen LogP contribution in [0.4, 0.5) is 38.1 Å². The second kappa shape index (κ2) is 14.4. The number of aryl methyl sites for hydroxylation is 1. The highest BCUT2D eigenvalue weighted by Gasteiger charge is 2.56. The maximum atomic E-state index is 13.2. The molecule has 0 bridgehead atoms. The molecule has 16 heteroatoms. The Balaban J connectivity index is 1.71. The molecule has 3 amide bonds. The summed E-state index contributed by atoms with van der Waals surface area (Å²) in [6.07, 6.45) is -3.46. The molecule has 240 valence electrons. The summed E-state index contributed by atoms with van der Waals surface area (Å²) in [5, 5.41) is 0. The predicted octanol–water partition coefficient (Wildman–Crippen LogP) is 5.87. The average molecular weight is 647 g/mol. The number of urea groups is 1. The van der Waals surface area contributed by atoms with E-state index in [-0.39, 0.29) is 12.2 Å². The molecule has 0 aliphatic carbocycles. The van der Waals surface area contributed by atoms with Crippen LogP contribution in [0.3, 0.4) is 0 Å². The molecule has 1 unspecified atom stereocenters. The molecule has 1 fully saturated rings. The average Bonchev–Trinajstić information content (AvgIpc) is 3.01. The van der Waals surface area contributed by atoms with Crippen molar-refractivity contribution in [3.05, 3.63) is 23.8 Å². The fraction of sp³-hybridized carbons (Fsp3) is 0.692. The smallest absolute Gasteiger partial charge is 0.453 e. The summed E-state index contributed by atoms with van der Waals surface area (Å²) in [4.78, 5) is 28.8. The number of hydrogen-bond donors (Lipinski definition) is 1. The normalized spacial score (nSPS) is 16.8. The molecule has 1 aromatic rings.